The Balaban J connectivity index is 2.28. The van der Waals surface area contributed by atoms with Gasteiger partial charge in [-0.05, 0) is 18.2 Å². The summed E-state index contributed by atoms with van der Waals surface area (Å²) in [5.74, 6) is -1.30. The van der Waals surface area contributed by atoms with Crippen LogP contribution in [0.2, 0.25) is 0 Å². The second-order valence-electron chi connectivity index (χ2n) is 6.57. The third-order valence-corrected chi connectivity index (χ3v) is 4.06. The van der Waals surface area contributed by atoms with Gasteiger partial charge < -0.3 is 14.4 Å². The first-order chi connectivity index (χ1) is 12.0. The summed E-state index contributed by atoms with van der Waals surface area (Å²) in [5, 5.41) is 8.83. The number of carbonyl (C=O) groups is 2. The SMILES string of the molecule is COC(=O)CN1CC(C)(C)C(Oc2ccc(C#N)c(C(F)(F)F)c2)C1=O. The van der Waals surface area contributed by atoms with Crippen molar-refractivity contribution in [3.05, 3.63) is 29.3 Å². The average Bonchev–Trinajstić information content (AvgIpc) is 2.76. The van der Waals surface area contributed by atoms with Crippen molar-refractivity contribution < 1.29 is 32.2 Å². The van der Waals surface area contributed by atoms with Gasteiger partial charge >= 0.3 is 12.1 Å². The van der Waals surface area contributed by atoms with Gasteiger partial charge in [-0.3, -0.25) is 9.59 Å². The van der Waals surface area contributed by atoms with Gasteiger partial charge in [0.2, 0.25) is 0 Å². The van der Waals surface area contributed by atoms with Crippen LogP contribution >= 0.6 is 0 Å². The maximum absolute atomic E-state index is 13.1. The highest BCUT2D eigenvalue weighted by Crippen LogP contribution is 2.37. The zero-order valence-corrected chi connectivity index (χ0v) is 14.4. The third kappa shape index (κ3) is 3.90. The Bertz CT molecular complexity index is 768. The minimum atomic E-state index is -4.73. The Morgan fingerprint density at radius 3 is 2.62 bits per heavy atom. The van der Waals surface area contributed by atoms with Gasteiger partial charge in [0.1, 0.15) is 12.3 Å². The van der Waals surface area contributed by atoms with E-state index in [1.807, 2.05) is 0 Å². The Hall–Kier alpha value is -2.76. The Morgan fingerprint density at radius 1 is 1.42 bits per heavy atom. The molecule has 1 aliphatic heterocycles. The maximum Gasteiger partial charge on any atom is 0.417 e. The summed E-state index contributed by atoms with van der Waals surface area (Å²) in [4.78, 5) is 25.1. The summed E-state index contributed by atoms with van der Waals surface area (Å²) < 4.78 is 49.3. The predicted octanol–water partition coefficient (Wildman–Crippen LogP) is 2.37. The number of rotatable bonds is 4. The van der Waals surface area contributed by atoms with E-state index in [1.54, 1.807) is 13.8 Å². The van der Waals surface area contributed by atoms with Gasteiger partial charge in [-0.15, -0.1) is 0 Å². The number of esters is 1. The third-order valence-electron chi connectivity index (χ3n) is 4.06. The largest absolute Gasteiger partial charge is 0.480 e. The zero-order chi connectivity index (χ0) is 19.7. The van der Waals surface area contributed by atoms with Gasteiger partial charge in [0, 0.05) is 12.0 Å². The summed E-state index contributed by atoms with van der Waals surface area (Å²) in [7, 11) is 1.19. The van der Waals surface area contributed by atoms with E-state index >= 15 is 0 Å². The van der Waals surface area contributed by atoms with E-state index in [2.05, 4.69) is 4.74 Å². The number of amides is 1. The molecule has 0 N–H and O–H groups in total. The molecule has 26 heavy (non-hydrogen) atoms. The molecule has 1 amide bonds. The molecule has 0 aliphatic carbocycles. The van der Waals surface area contributed by atoms with Crippen molar-refractivity contribution in [2.75, 3.05) is 20.2 Å². The van der Waals surface area contributed by atoms with Crippen molar-refractivity contribution >= 4 is 11.9 Å². The number of hydrogen-bond acceptors (Lipinski definition) is 5. The van der Waals surface area contributed by atoms with Crippen molar-refractivity contribution in [1.82, 2.24) is 4.90 Å². The van der Waals surface area contributed by atoms with Crippen LogP contribution in [0.15, 0.2) is 18.2 Å². The van der Waals surface area contributed by atoms with Crippen molar-refractivity contribution in [1.29, 1.82) is 5.26 Å². The number of hydrogen-bond donors (Lipinski definition) is 0. The lowest BCUT2D eigenvalue weighted by Gasteiger charge is -2.24. The van der Waals surface area contributed by atoms with Crippen LogP contribution in [0.25, 0.3) is 0 Å². The molecule has 1 aromatic carbocycles. The van der Waals surface area contributed by atoms with Crippen molar-refractivity contribution in [2.45, 2.75) is 26.1 Å². The molecule has 1 aliphatic rings. The molecule has 1 atom stereocenters. The molecular weight excluding hydrogens is 353 g/mol. The first-order valence-electron chi connectivity index (χ1n) is 7.63. The summed E-state index contributed by atoms with van der Waals surface area (Å²) in [6, 6.07) is 4.39. The van der Waals surface area contributed by atoms with E-state index in [1.165, 1.54) is 24.1 Å². The van der Waals surface area contributed by atoms with Gasteiger partial charge in [-0.1, -0.05) is 13.8 Å². The molecule has 2 rings (SSSR count). The number of nitriles is 1. The molecule has 1 aromatic rings. The maximum atomic E-state index is 13.1. The number of ether oxygens (including phenoxy) is 2. The molecular formula is C17H17F3N2O4. The highest BCUT2D eigenvalue weighted by Gasteiger charge is 2.48. The number of likely N-dealkylation sites (tertiary alicyclic amines) is 1. The standard InChI is InChI=1S/C17H17F3N2O4/c1-16(2)9-22(8-13(23)25-3)15(24)14(16)26-11-5-4-10(7-21)12(6-11)17(18,19)20/h4-6,14H,8-9H2,1-3H3. The lowest BCUT2D eigenvalue weighted by molar-refractivity contribution is -0.147. The minimum Gasteiger partial charge on any atom is -0.480 e. The summed E-state index contributed by atoms with van der Waals surface area (Å²) in [5.41, 5.74) is -2.40. The van der Waals surface area contributed by atoms with Crippen LogP contribution in [-0.2, 0) is 20.5 Å². The monoisotopic (exact) mass is 370 g/mol. The molecule has 0 saturated carbocycles. The van der Waals surface area contributed by atoms with E-state index in [0.29, 0.717) is 6.07 Å². The fourth-order valence-corrected chi connectivity index (χ4v) is 2.78. The van der Waals surface area contributed by atoms with Crippen LogP contribution in [-0.4, -0.2) is 43.1 Å². The lowest BCUT2D eigenvalue weighted by Crippen LogP contribution is -2.38. The number of methoxy groups -OCH3 is 1. The van der Waals surface area contributed by atoms with E-state index in [0.717, 1.165) is 6.07 Å². The summed E-state index contributed by atoms with van der Waals surface area (Å²) in [6.07, 6.45) is -5.79. The van der Waals surface area contributed by atoms with E-state index in [-0.39, 0.29) is 18.8 Å². The Kier molecular flexibility index (Phi) is 5.16. The second-order valence-corrected chi connectivity index (χ2v) is 6.57. The molecule has 1 unspecified atom stereocenters. The van der Waals surface area contributed by atoms with Crippen LogP contribution in [0.3, 0.4) is 0 Å². The molecule has 6 nitrogen and oxygen atoms in total. The highest BCUT2D eigenvalue weighted by molar-refractivity contribution is 5.88. The van der Waals surface area contributed by atoms with Crippen LogP contribution in [0.1, 0.15) is 25.0 Å². The molecule has 9 heteroatoms. The fraction of sp³-hybridized carbons (Fsp3) is 0.471. The molecule has 0 aromatic heterocycles. The normalized spacial score (nSPS) is 19.2. The first kappa shape index (κ1) is 19.6. The molecule has 1 heterocycles. The average molecular weight is 370 g/mol. The van der Waals surface area contributed by atoms with Gasteiger partial charge in [-0.25, -0.2) is 0 Å². The van der Waals surface area contributed by atoms with Crippen molar-refractivity contribution in [3.8, 4) is 11.8 Å². The van der Waals surface area contributed by atoms with Crippen LogP contribution < -0.4 is 4.74 Å². The molecule has 0 spiro atoms. The number of nitrogens with zero attached hydrogens (tertiary/aromatic N) is 2. The van der Waals surface area contributed by atoms with E-state index < -0.39 is 40.7 Å². The lowest BCUT2D eigenvalue weighted by atomic mass is 9.89. The van der Waals surface area contributed by atoms with Crippen LogP contribution in [0.4, 0.5) is 13.2 Å². The van der Waals surface area contributed by atoms with Gasteiger partial charge in [0.15, 0.2) is 6.10 Å². The number of halogens is 3. The fourth-order valence-electron chi connectivity index (χ4n) is 2.78. The number of benzene rings is 1. The first-order valence-corrected chi connectivity index (χ1v) is 7.63. The quantitative estimate of drug-likeness (QED) is 0.761. The predicted molar refractivity (Wildman–Crippen MR) is 83.0 cm³/mol. The number of alkyl halides is 3. The molecule has 140 valence electrons. The molecule has 0 radical (unpaired) electrons. The molecule has 1 fully saturated rings. The van der Waals surface area contributed by atoms with Gasteiger partial charge in [0.05, 0.1) is 24.3 Å². The van der Waals surface area contributed by atoms with E-state index in [4.69, 9.17) is 10.00 Å². The Labute approximate surface area is 148 Å². The van der Waals surface area contributed by atoms with Crippen LogP contribution in [0.5, 0.6) is 5.75 Å². The van der Waals surface area contributed by atoms with Gasteiger partial charge in [0.25, 0.3) is 5.91 Å². The van der Waals surface area contributed by atoms with Crippen LogP contribution in [0, 0.1) is 16.7 Å². The van der Waals surface area contributed by atoms with Gasteiger partial charge in [-0.2, -0.15) is 18.4 Å². The number of carbonyl (C=O) groups excluding carboxylic acids is 2. The smallest absolute Gasteiger partial charge is 0.417 e. The summed E-state index contributed by atoms with van der Waals surface area (Å²) in [6.45, 7) is 3.34. The Morgan fingerprint density at radius 2 is 2.08 bits per heavy atom. The second kappa shape index (κ2) is 6.86. The topological polar surface area (TPSA) is 79.6 Å². The van der Waals surface area contributed by atoms with E-state index in [9.17, 15) is 22.8 Å². The molecule has 0 bridgehead atoms. The molecule has 1 saturated heterocycles. The zero-order valence-electron chi connectivity index (χ0n) is 14.4. The summed E-state index contributed by atoms with van der Waals surface area (Å²) >= 11 is 0. The minimum absolute atomic E-state index is 0.178. The highest BCUT2D eigenvalue weighted by atomic mass is 19.4. The van der Waals surface area contributed by atoms with Crippen molar-refractivity contribution in [3.63, 3.8) is 0 Å². The van der Waals surface area contributed by atoms with Crippen molar-refractivity contribution in [2.24, 2.45) is 5.41 Å².